The molecule has 0 fully saturated rings. The van der Waals surface area contributed by atoms with E-state index >= 15 is 0 Å². The molecule has 0 saturated heterocycles. The van der Waals surface area contributed by atoms with Crippen molar-refractivity contribution in [1.29, 1.82) is 0 Å². The van der Waals surface area contributed by atoms with E-state index in [1.54, 1.807) is 12.3 Å². The summed E-state index contributed by atoms with van der Waals surface area (Å²) in [6.45, 7) is 4.28. The van der Waals surface area contributed by atoms with E-state index in [4.69, 9.17) is 10.2 Å². The van der Waals surface area contributed by atoms with Gasteiger partial charge in [0.2, 0.25) is 0 Å². The second kappa shape index (κ2) is 4.87. The van der Waals surface area contributed by atoms with Crippen LogP contribution in [0.1, 0.15) is 19.5 Å². The van der Waals surface area contributed by atoms with E-state index in [9.17, 15) is 0 Å². The summed E-state index contributed by atoms with van der Waals surface area (Å²) >= 11 is 3.39. The number of furan rings is 1. The summed E-state index contributed by atoms with van der Waals surface area (Å²) in [4.78, 5) is 8.65. The number of nitrogens with two attached hydrogens (primary N) is 1. The Bertz CT molecular complexity index is 522. The molecule has 2 N–H and O–H groups in total. The van der Waals surface area contributed by atoms with Crippen molar-refractivity contribution in [3.8, 4) is 11.6 Å². The lowest BCUT2D eigenvalue weighted by molar-refractivity contribution is 0.574. The third-order valence-corrected chi connectivity index (χ3v) is 2.86. The number of anilines is 1. The van der Waals surface area contributed by atoms with Crippen molar-refractivity contribution < 1.29 is 4.42 Å². The highest BCUT2D eigenvalue weighted by Crippen LogP contribution is 2.27. The summed E-state index contributed by atoms with van der Waals surface area (Å²) < 4.78 is 6.17. The van der Waals surface area contributed by atoms with Crippen molar-refractivity contribution in [2.45, 2.75) is 20.3 Å². The summed E-state index contributed by atoms with van der Waals surface area (Å²) in [5.74, 6) is 2.13. The monoisotopic (exact) mass is 295 g/mol. The fourth-order valence-corrected chi connectivity index (χ4v) is 1.97. The van der Waals surface area contributed by atoms with Crippen LogP contribution in [-0.4, -0.2) is 9.97 Å². The Balaban J connectivity index is 2.42. The molecule has 90 valence electrons. The fourth-order valence-electron chi connectivity index (χ4n) is 1.60. The minimum absolute atomic E-state index is 0.467. The van der Waals surface area contributed by atoms with Crippen LogP contribution in [0.2, 0.25) is 0 Å². The smallest absolute Gasteiger partial charge is 0.199 e. The number of aromatic nitrogens is 2. The average Bonchev–Trinajstić information content (AvgIpc) is 2.62. The first kappa shape index (κ1) is 12.1. The van der Waals surface area contributed by atoms with E-state index in [-0.39, 0.29) is 0 Å². The van der Waals surface area contributed by atoms with Gasteiger partial charge in [-0.3, -0.25) is 0 Å². The Morgan fingerprint density at radius 3 is 2.76 bits per heavy atom. The Morgan fingerprint density at radius 2 is 2.18 bits per heavy atom. The molecule has 0 saturated carbocycles. The van der Waals surface area contributed by atoms with Gasteiger partial charge in [-0.1, -0.05) is 13.8 Å². The first-order valence-corrected chi connectivity index (χ1v) is 6.22. The maximum absolute atomic E-state index is 5.78. The van der Waals surface area contributed by atoms with Crippen molar-refractivity contribution in [3.63, 3.8) is 0 Å². The van der Waals surface area contributed by atoms with Crippen LogP contribution >= 0.6 is 15.9 Å². The first-order valence-electron chi connectivity index (χ1n) is 5.43. The molecule has 0 bridgehead atoms. The van der Waals surface area contributed by atoms with Gasteiger partial charge in [-0.2, -0.15) is 0 Å². The molecule has 0 aliphatic carbocycles. The zero-order chi connectivity index (χ0) is 12.4. The minimum Gasteiger partial charge on any atom is -0.460 e. The predicted molar refractivity (Wildman–Crippen MR) is 70.4 cm³/mol. The molecule has 5 heteroatoms. The fraction of sp³-hybridized carbons (Fsp3) is 0.333. The van der Waals surface area contributed by atoms with Crippen LogP contribution in [0, 0.1) is 5.92 Å². The lowest BCUT2D eigenvalue weighted by Gasteiger charge is -2.06. The van der Waals surface area contributed by atoms with Gasteiger partial charge in [-0.15, -0.1) is 0 Å². The molecule has 0 aromatic carbocycles. The van der Waals surface area contributed by atoms with Gasteiger partial charge in [-0.05, 0) is 34.3 Å². The predicted octanol–water partition coefficient (Wildman–Crippen LogP) is 3.28. The number of rotatable bonds is 3. The second-order valence-corrected chi connectivity index (χ2v) is 5.16. The van der Waals surface area contributed by atoms with E-state index < -0.39 is 0 Å². The quantitative estimate of drug-likeness (QED) is 0.944. The molecule has 2 aromatic heterocycles. The van der Waals surface area contributed by atoms with Crippen LogP contribution in [0.3, 0.4) is 0 Å². The SMILES string of the molecule is CC(C)Cc1cc(N)nc(-c2occc2Br)n1. The van der Waals surface area contributed by atoms with Crippen LogP contribution in [0.15, 0.2) is 27.3 Å². The standard InChI is InChI=1S/C12H14BrN3O/c1-7(2)5-8-6-10(14)16-12(15-8)11-9(13)3-4-17-11/h3-4,6-7H,5H2,1-2H3,(H2,14,15,16). The van der Waals surface area contributed by atoms with Gasteiger partial charge in [-0.25, -0.2) is 9.97 Å². The molecule has 2 rings (SSSR count). The van der Waals surface area contributed by atoms with Gasteiger partial charge in [0.1, 0.15) is 5.82 Å². The highest BCUT2D eigenvalue weighted by Gasteiger charge is 2.12. The third-order valence-electron chi connectivity index (χ3n) is 2.24. The van der Waals surface area contributed by atoms with Gasteiger partial charge in [0.25, 0.3) is 0 Å². The van der Waals surface area contributed by atoms with Crippen LogP contribution in [0.4, 0.5) is 5.82 Å². The van der Waals surface area contributed by atoms with E-state index in [0.29, 0.717) is 23.3 Å². The van der Waals surface area contributed by atoms with Crippen LogP contribution in [0.25, 0.3) is 11.6 Å². The molecule has 0 amide bonds. The highest BCUT2D eigenvalue weighted by molar-refractivity contribution is 9.10. The third kappa shape index (κ3) is 2.85. The molecule has 0 aliphatic heterocycles. The molecule has 0 atom stereocenters. The number of nitrogen functional groups attached to an aromatic ring is 1. The average molecular weight is 296 g/mol. The number of nitrogens with zero attached hydrogens (tertiary/aromatic N) is 2. The Kier molecular flexibility index (Phi) is 3.47. The normalized spacial score (nSPS) is 11.1. The maximum atomic E-state index is 5.78. The maximum Gasteiger partial charge on any atom is 0.199 e. The molecule has 2 aromatic rings. The zero-order valence-corrected chi connectivity index (χ0v) is 11.4. The molecular weight excluding hydrogens is 282 g/mol. The molecule has 0 unspecified atom stereocenters. The lowest BCUT2D eigenvalue weighted by atomic mass is 10.1. The molecule has 0 radical (unpaired) electrons. The largest absolute Gasteiger partial charge is 0.460 e. The summed E-state index contributed by atoms with van der Waals surface area (Å²) in [5, 5.41) is 0. The van der Waals surface area contributed by atoms with Gasteiger partial charge in [0.15, 0.2) is 11.6 Å². The van der Waals surface area contributed by atoms with Crippen LogP contribution in [0.5, 0.6) is 0 Å². The van der Waals surface area contributed by atoms with Crippen molar-refractivity contribution in [1.82, 2.24) is 9.97 Å². The van der Waals surface area contributed by atoms with Crippen LogP contribution < -0.4 is 5.73 Å². The van der Waals surface area contributed by atoms with Gasteiger partial charge >= 0.3 is 0 Å². The Labute approximate surface area is 108 Å². The van der Waals surface area contributed by atoms with E-state index in [1.807, 2.05) is 6.07 Å². The van der Waals surface area contributed by atoms with E-state index in [2.05, 4.69) is 39.7 Å². The summed E-state index contributed by atoms with van der Waals surface area (Å²) in [6.07, 6.45) is 2.46. The van der Waals surface area contributed by atoms with Crippen molar-refractivity contribution in [2.75, 3.05) is 5.73 Å². The summed E-state index contributed by atoms with van der Waals surface area (Å²) in [7, 11) is 0. The summed E-state index contributed by atoms with van der Waals surface area (Å²) in [5.41, 5.74) is 6.72. The lowest BCUT2D eigenvalue weighted by Crippen LogP contribution is -2.03. The second-order valence-electron chi connectivity index (χ2n) is 4.30. The zero-order valence-electron chi connectivity index (χ0n) is 9.77. The highest BCUT2D eigenvalue weighted by atomic mass is 79.9. The van der Waals surface area contributed by atoms with Crippen molar-refractivity contribution >= 4 is 21.7 Å². The molecule has 4 nitrogen and oxygen atoms in total. The van der Waals surface area contributed by atoms with Gasteiger partial charge in [0, 0.05) is 11.8 Å². The van der Waals surface area contributed by atoms with E-state index in [1.165, 1.54) is 0 Å². The van der Waals surface area contributed by atoms with Crippen molar-refractivity contribution in [2.24, 2.45) is 5.92 Å². The van der Waals surface area contributed by atoms with E-state index in [0.717, 1.165) is 16.6 Å². The molecule has 2 heterocycles. The van der Waals surface area contributed by atoms with Crippen molar-refractivity contribution in [3.05, 3.63) is 28.6 Å². The number of hydrogen-bond acceptors (Lipinski definition) is 4. The van der Waals surface area contributed by atoms with Gasteiger partial charge < -0.3 is 10.2 Å². The summed E-state index contributed by atoms with van der Waals surface area (Å²) in [6, 6.07) is 3.62. The van der Waals surface area contributed by atoms with Crippen LogP contribution in [-0.2, 0) is 6.42 Å². The van der Waals surface area contributed by atoms with Gasteiger partial charge in [0.05, 0.1) is 10.7 Å². The topological polar surface area (TPSA) is 64.9 Å². The molecular formula is C12H14BrN3O. The molecule has 0 spiro atoms. The molecule has 17 heavy (non-hydrogen) atoms. The first-order chi connectivity index (χ1) is 8.06. The molecule has 0 aliphatic rings. The number of hydrogen-bond donors (Lipinski definition) is 1. The Hall–Kier alpha value is -1.36. The number of halogens is 1. The minimum atomic E-state index is 0.467. The Morgan fingerprint density at radius 1 is 1.41 bits per heavy atom.